The molecule has 4 rings (SSSR count). The third-order valence-electron chi connectivity index (χ3n) is 5.11. The van der Waals surface area contributed by atoms with Crippen LogP contribution in [-0.4, -0.2) is 36.1 Å². The van der Waals surface area contributed by atoms with E-state index in [1.54, 1.807) is 12.2 Å². The molecule has 3 aliphatic heterocycles. The summed E-state index contributed by atoms with van der Waals surface area (Å²) in [7, 11) is 0. The molecule has 0 spiro atoms. The maximum absolute atomic E-state index is 13.4. The summed E-state index contributed by atoms with van der Waals surface area (Å²) in [5.74, 6) is -4.12. The smallest absolute Gasteiger partial charge is 0.418 e. The van der Waals surface area contributed by atoms with Crippen LogP contribution in [0.1, 0.15) is 12.5 Å². The van der Waals surface area contributed by atoms with Crippen molar-refractivity contribution in [2.24, 2.45) is 11.8 Å². The Morgan fingerprint density at radius 1 is 1.26 bits per heavy atom. The molecule has 2 saturated heterocycles. The number of imide groups is 1. The highest BCUT2D eigenvalue weighted by Gasteiger charge is 2.68. The minimum absolute atomic E-state index is 0.287. The molecule has 9 heteroatoms. The number of anilines is 1. The molecular weight excluding hydrogens is 367 g/mol. The largest absolute Gasteiger partial charge is 0.462 e. The van der Waals surface area contributed by atoms with Gasteiger partial charge < -0.3 is 9.47 Å². The average molecular weight is 381 g/mol. The molecule has 27 heavy (non-hydrogen) atoms. The van der Waals surface area contributed by atoms with Gasteiger partial charge in [0.25, 0.3) is 0 Å². The first-order valence-corrected chi connectivity index (χ1v) is 8.20. The van der Waals surface area contributed by atoms with Gasteiger partial charge in [-0.1, -0.05) is 18.2 Å². The quantitative estimate of drug-likeness (QED) is 0.455. The first-order chi connectivity index (χ1) is 12.7. The van der Waals surface area contributed by atoms with Gasteiger partial charge in [0.1, 0.15) is 12.2 Å². The fourth-order valence-corrected chi connectivity index (χ4v) is 4.03. The van der Waals surface area contributed by atoms with E-state index in [-0.39, 0.29) is 6.61 Å². The standard InChI is InChI=1S/C18H14F3NO5/c1-9(23)26-8-17-7-6-12(27-17)13-14(17)16(25)22(15(13)24)11-5-3-2-4-10(11)18(19,20)21/h2-7,12-14H,8H2,1H3/t12-,13+,14-,17-/m1/s1. The molecule has 2 fully saturated rings. The Kier molecular flexibility index (Phi) is 3.71. The van der Waals surface area contributed by atoms with Crippen LogP contribution in [0.15, 0.2) is 36.4 Å². The van der Waals surface area contributed by atoms with Crippen LogP contribution in [0.3, 0.4) is 0 Å². The van der Waals surface area contributed by atoms with Crippen molar-refractivity contribution in [3.63, 3.8) is 0 Å². The van der Waals surface area contributed by atoms with Crippen molar-refractivity contribution in [2.75, 3.05) is 11.5 Å². The van der Waals surface area contributed by atoms with Gasteiger partial charge in [-0.25, -0.2) is 4.90 Å². The van der Waals surface area contributed by atoms with Crippen molar-refractivity contribution >= 4 is 23.5 Å². The number of ether oxygens (including phenoxy) is 2. The summed E-state index contributed by atoms with van der Waals surface area (Å²) >= 11 is 0. The van der Waals surface area contributed by atoms with E-state index in [4.69, 9.17) is 9.47 Å². The van der Waals surface area contributed by atoms with Gasteiger partial charge in [0.15, 0.2) is 0 Å². The number of carbonyl (C=O) groups excluding carboxylic acids is 3. The van der Waals surface area contributed by atoms with E-state index < -0.39 is 58.8 Å². The molecule has 1 aromatic carbocycles. The van der Waals surface area contributed by atoms with Crippen LogP contribution < -0.4 is 4.90 Å². The lowest BCUT2D eigenvalue weighted by atomic mass is 9.77. The Bertz CT molecular complexity index is 880. The Hall–Kier alpha value is -2.68. The van der Waals surface area contributed by atoms with Gasteiger partial charge in [-0.2, -0.15) is 13.2 Å². The Morgan fingerprint density at radius 2 is 1.96 bits per heavy atom. The third-order valence-corrected chi connectivity index (χ3v) is 5.11. The molecule has 0 radical (unpaired) electrons. The molecular formula is C18H14F3NO5. The number of nitrogens with zero attached hydrogens (tertiary/aromatic N) is 1. The Balaban J connectivity index is 1.74. The number of rotatable bonds is 3. The first-order valence-electron chi connectivity index (χ1n) is 8.20. The topological polar surface area (TPSA) is 72.9 Å². The van der Waals surface area contributed by atoms with Gasteiger partial charge in [-0.05, 0) is 18.2 Å². The van der Waals surface area contributed by atoms with Gasteiger partial charge in [-0.15, -0.1) is 0 Å². The highest BCUT2D eigenvalue weighted by Crippen LogP contribution is 2.53. The minimum Gasteiger partial charge on any atom is -0.462 e. The maximum Gasteiger partial charge on any atom is 0.418 e. The molecule has 3 aliphatic rings. The van der Waals surface area contributed by atoms with Crippen LogP contribution in [0.2, 0.25) is 0 Å². The highest BCUT2D eigenvalue weighted by molar-refractivity contribution is 6.23. The zero-order chi connectivity index (χ0) is 19.6. The van der Waals surface area contributed by atoms with Gasteiger partial charge in [0, 0.05) is 6.92 Å². The second-order valence-corrected chi connectivity index (χ2v) is 6.71. The number of alkyl halides is 3. The normalized spacial score (nSPS) is 31.6. The summed E-state index contributed by atoms with van der Waals surface area (Å²) in [5.41, 5.74) is -2.91. The fraction of sp³-hybridized carbons (Fsp3) is 0.389. The molecule has 4 atom stereocenters. The van der Waals surface area contributed by atoms with Crippen LogP contribution >= 0.6 is 0 Å². The molecule has 0 aliphatic carbocycles. The molecule has 2 amide bonds. The summed E-state index contributed by atoms with van der Waals surface area (Å²) in [4.78, 5) is 37.6. The van der Waals surface area contributed by atoms with Crippen LogP contribution in [0.25, 0.3) is 0 Å². The number of esters is 1. The van der Waals surface area contributed by atoms with E-state index in [0.717, 1.165) is 12.1 Å². The highest BCUT2D eigenvalue weighted by atomic mass is 19.4. The lowest BCUT2D eigenvalue weighted by Crippen LogP contribution is -2.44. The third kappa shape index (κ3) is 2.48. The minimum atomic E-state index is -4.72. The van der Waals surface area contributed by atoms with Crippen molar-refractivity contribution in [3.8, 4) is 0 Å². The number of halogens is 3. The van der Waals surface area contributed by atoms with E-state index in [0.29, 0.717) is 4.90 Å². The van der Waals surface area contributed by atoms with Gasteiger partial charge in [-0.3, -0.25) is 14.4 Å². The van der Waals surface area contributed by atoms with Crippen molar-refractivity contribution in [1.29, 1.82) is 0 Å². The molecule has 0 saturated carbocycles. The number of hydrogen-bond acceptors (Lipinski definition) is 5. The van der Waals surface area contributed by atoms with E-state index >= 15 is 0 Å². The number of para-hydroxylation sites is 1. The first kappa shape index (κ1) is 17.7. The Morgan fingerprint density at radius 3 is 2.63 bits per heavy atom. The molecule has 0 unspecified atom stereocenters. The summed E-state index contributed by atoms with van der Waals surface area (Å²) in [6, 6.07) is 4.43. The fourth-order valence-electron chi connectivity index (χ4n) is 4.03. The van der Waals surface area contributed by atoms with E-state index in [1.807, 2.05) is 0 Å². The molecule has 1 aromatic rings. The SMILES string of the molecule is CC(=O)OC[C@@]12C=C[C@@H](O1)[C@@H]1C(=O)N(c3ccccc3C(F)(F)F)C(=O)[C@@H]12. The number of carbonyl (C=O) groups is 3. The molecule has 2 bridgehead atoms. The van der Waals surface area contributed by atoms with Crippen molar-refractivity contribution < 1.29 is 37.0 Å². The number of fused-ring (bicyclic) bond motifs is 5. The number of hydrogen-bond donors (Lipinski definition) is 0. The zero-order valence-corrected chi connectivity index (χ0v) is 14.0. The van der Waals surface area contributed by atoms with Gasteiger partial charge in [0.05, 0.1) is 29.2 Å². The van der Waals surface area contributed by atoms with Crippen molar-refractivity contribution in [2.45, 2.75) is 24.8 Å². The molecule has 142 valence electrons. The van der Waals surface area contributed by atoms with Gasteiger partial charge >= 0.3 is 12.1 Å². The van der Waals surface area contributed by atoms with Crippen molar-refractivity contribution in [1.82, 2.24) is 0 Å². The second-order valence-electron chi connectivity index (χ2n) is 6.71. The summed E-state index contributed by atoms with van der Waals surface area (Å²) in [6.07, 6.45) is -2.34. The second kappa shape index (κ2) is 5.66. The van der Waals surface area contributed by atoms with E-state index in [1.165, 1.54) is 19.1 Å². The molecule has 3 heterocycles. The van der Waals surface area contributed by atoms with E-state index in [9.17, 15) is 27.6 Å². The van der Waals surface area contributed by atoms with Crippen LogP contribution in [0.4, 0.5) is 18.9 Å². The monoisotopic (exact) mass is 381 g/mol. The van der Waals surface area contributed by atoms with E-state index in [2.05, 4.69) is 0 Å². The zero-order valence-electron chi connectivity index (χ0n) is 14.0. The molecule has 6 nitrogen and oxygen atoms in total. The Labute approximate surface area is 151 Å². The number of amides is 2. The summed E-state index contributed by atoms with van der Waals surface area (Å²) in [5, 5.41) is 0. The predicted octanol–water partition coefficient (Wildman–Crippen LogP) is 2.08. The molecule has 0 aromatic heterocycles. The predicted molar refractivity (Wildman–Crippen MR) is 84.3 cm³/mol. The maximum atomic E-state index is 13.4. The lowest BCUT2D eigenvalue weighted by Gasteiger charge is -2.28. The van der Waals surface area contributed by atoms with Crippen LogP contribution in [0, 0.1) is 11.8 Å². The van der Waals surface area contributed by atoms with Crippen LogP contribution in [-0.2, 0) is 30.0 Å². The molecule has 0 N–H and O–H groups in total. The van der Waals surface area contributed by atoms with Gasteiger partial charge in [0.2, 0.25) is 11.8 Å². The van der Waals surface area contributed by atoms with Crippen LogP contribution in [0.5, 0.6) is 0 Å². The van der Waals surface area contributed by atoms with Crippen molar-refractivity contribution in [3.05, 3.63) is 42.0 Å². The average Bonchev–Trinajstić information content (AvgIpc) is 3.23. The summed E-state index contributed by atoms with van der Waals surface area (Å²) in [6.45, 7) is 0.900. The summed E-state index contributed by atoms with van der Waals surface area (Å²) < 4.78 is 50.8. The number of benzene rings is 1. The lowest BCUT2D eigenvalue weighted by molar-refractivity contribution is -0.151.